The van der Waals surface area contributed by atoms with E-state index in [9.17, 15) is 9.90 Å². The number of carbonyl (C=O) groups excluding carboxylic acids is 1. The van der Waals surface area contributed by atoms with Crippen LogP contribution in [0.15, 0.2) is 18.3 Å². The maximum absolute atomic E-state index is 11.6. The first-order valence-corrected chi connectivity index (χ1v) is 6.47. The van der Waals surface area contributed by atoms with Crippen molar-refractivity contribution in [1.29, 1.82) is 0 Å². The molecule has 1 N–H and O–H groups in total. The molecule has 1 aliphatic rings. The fourth-order valence-corrected chi connectivity index (χ4v) is 2.42. The van der Waals surface area contributed by atoms with E-state index < -0.39 is 6.10 Å². The highest BCUT2D eigenvalue weighted by Crippen LogP contribution is 2.27. The molecule has 1 aromatic rings. The molecule has 1 saturated heterocycles. The number of hydrogen-bond donors (Lipinski definition) is 1. The van der Waals surface area contributed by atoms with Crippen LogP contribution in [0.5, 0.6) is 0 Å². The molecule has 98 valence electrons. The second-order valence-electron chi connectivity index (χ2n) is 5.01. The number of aliphatic hydroxyl groups is 1. The number of aryl methyl sites for hydroxylation is 1. The zero-order valence-corrected chi connectivity index (χ0v) is 11.0. The predicted octanol–water partition coefficient (Wildman–Crippen LogP) is 1.48. The molecule has 2 rings (SSSR count). The van der Waals surface area contributed by atoms with Crippen molar-refractivity contribution >= 4 is 5.91 Å². The lowest BCUT2D eigenvalue weighted by molar-refractivity contribution is -0.140. The van der Waals surface area contributed by atoms with Crippen molar-refractivity contribution in [2.45, 2.75) is 38.7 Å². The maximum Gasteiger partial charge on any atom is 0.251 e. The van der Waals surface area contributed by atoms with E-state index in [1.54, 1.807) is 4.90 Å². The Kier molecular flexibility index (Phi) is 3.97. The van der Waals surface area contributed by atoms with Crippen LogP contribution in [0.2, 0.25) is 0 Å². The number of nitrogens with zero attached hydrogens (tertiary/aromatic N) is 2. The highest BCUT2D eigenvalue weighted by molar-refractivity contribution is 5.80. The van der Waals surface area contributed by atoms with Gasteiger partial charge in [0.2, 0.25) is 0 Å². The van der Waals surface area contributed by atoms with Gasteiger partial charge in [-0.2, -0.15) is 0 Å². The van der Waals surface area contributed by atoms with E-state index in [2.05, 4.69) is 11.1 Å². The molecule has 18 heavy (non-hydrogen) atoms. The van der Waals surface area contributed by atoms with Crippen LogP contribution in [-0.4, -0.2) is 40.1 Å². The van der Waals surface area contributed by atoms with Crippen molar-refractivity contribution in [3.8, 4) is 0 Å². The van der Waals surface area contributed by atoms with Gasteiger partial charge in [-0.25, -0.2) is 0 Å². The molecule has 0 aliphatic carbocycles. The van der Waals surface area contributed by atoms with Gasteiger partial charge in [0, 0.05) is 25.0 Å². The van der Waals surface area contributed by atoms with Crippen LogP contribution in [0, 0.1) is 6.92 Å². The van der Waals surface area contributed by atoms with Gasteiger partial charge >= 0.3 is 0 Å². The predicted molar refractivity (Wildman–Crippen MR) is 69.2 cm³/mol. The summed E-state index contributed by atoms with van der Waals surface area (Å²) in [6.07, 6.45) is 2.95. The molecule has 0 bridgehead atoms. The van der Waals surface area contributed by atoms with E-state index in [0.29, 0.717) is 5.92 Å². The summed E-state index contributed by atoms with van der Waals surface area (Å²) in [5.74, 6) is 0.326. The third-order valence-electron chi connectivity index (χ3n) is 3.57. The van der Waals surface area contributed by atoms with Crippen molar-refractivity contribution in [2.75, 3.05) is 13.1 Å². The van der Waals surface area contributed by atoms with Gasteiger partial charge in [0.05, 0.1) is 0 Å². The minimum absolute atomic E-state index is 0.157. The standard InChI is InChI=1S/C14H20N2O2/c1-10-3-4-13(9-15-10)12-5-7-16(8-6-12)14(18)11(2)17/h3-4,9,11-12,17H,5-8H2,1-2H3. The van der Waals surface area contributed by atoms with Crippen molar-refractivity contribution in [1.82, 2.24) is 9.88 Å². The van der Waals surface area contributed by atoms with Gasteiger partial charge in [0.1, 0.15) is 6.10 Å². The average molecular weight is 248 g/mol. The zero-order valence-electron chi connectivity index (χ0n) is 11.0. The van der Waals surface area contributed by atoms with Crippen molar-refractivity contribution in [3.63, 3.8) is 0 Å². The lowest BCUT2D eigenvalue weighted by Gasteiger charge is -2.32. The fourth-order valence-electron chi connectivity index (χ4n) is 2.42. The minimum Gasteiger partial charge on any atom is -0.384 e. The topological polar surface area (TPSA) is 53.4 Å². The Morgan fingerprint density at radius 1 is 1.44 bits per heavy atom. The highest BCUT2D eigenvalue weighted by atomic mass is 16.3. The summed E-state index contributed by atoms with van der Waals surface area (Å²) >= 11 is 0. The summed E-state index contributed by atoms with van der Waals surface area (Å²) in [6, 6.07) is 4.15. The molecule has 1 atom stereocenters. The Labute approximate surface area is 108 Å². The summed E-state index contributed by atoms with van der Waals surface area (Å²) in [4.78, 5) is 17.7. The second kappa shape index (κ2) is 5.48. The molecular weight excluding hydrogens is 228 g/mol. The fraction of sp³-hybridized carbons (Fsp3) is 0.571. The Morgan fingerprint density at radius 3 is 2.61 bits per heavy atom. The first-order chi connectivity index (χ1) is 8.58. The van der Waals surface area contributed by atoms with Gasteiger partial charge in [-0.1, -0.05) is 6.07 Å². The van der Waals surface area contributed by atoms with Gasteiger partial charge in [0.25, 0.3) is 5.91 Å². The highest BCUT2D eigenvalue weighted by Gasteiger charge is 2.25. The molecule has 0 spiro atoms. The average Bonchev–Trinajstić information content (AvgIpc) is 2.39. The van der Waals surface area contributed by atoms with Crippen LogP contribution < -0.4 is 0 Å². The number of rotatable bonds is 2. The number of amides is 1. The van der Waals surface area contributed by atoms with Crippen LogP contribution in [0.25, 0.3) is 0 Å². The first kappa shape index (κ1) is 13.0. The van der Waals surface area contributed by atoms with Gasteiger partial charge in [-0.15, -0.1) is 0 Å². The van der Waals surface area contributed by atoms with E-state index in [0.717, 1.165) is 31.6 Å². The van der Waals surface area contributed by atoms with Crippen molar-refractivity contribution < 1.29 is 9.90 Å². The van der Waals surface area contributed by atoms with Crippen molar-refractivity contribution in [2.24, 2.45) is 0 Å². The maximum atomic E-state index is 11.6. The van der Waals surface area contributed by atoms with Gasteiger partial charge in [-0.3, -0.25) is 9.78 Å². The van der Waals surface area contributed by atoms with Gasteiger partial charge in [0.15, 0.2) is 0 Å². The van der Waals surface area contributed by atoms with Gasteiger partial charge < -0.3 is 10.0 Å². The Morgan fingerprint density at radius 2 is 2.11 bits per heavy atom. The number of piperidine rings is 1. The Bertz CT molecular complexity index is 406. The quantitative estimate of drug-likeness (QED) is 0.862. The third-order valence-corrected chi connectivity index (χ3v) is 3.57. The van der Waals surface area contributed by atoms with Crippen LogP contribution in [0.4, 0.5) is 0 Å². The summed E-state index contributed by atoms with van der Waals surface area (Å²) in [5.41, 5.74) is 2.28. The Balaban J connectivity index is 1.94. The molecule has 4 heteroatoms. The molecule has 2 heterocycles. The smallest absolute Gasteiger partial charge is 0.251 e. The summed E-state index contributed by atoms with van der Waals surface area (Å²) in [5, 5.41) is 9.29. The van der Waals surface area contributed by atoms with E-state index in [4.69, 9.17) is 0 Å². The van der Waals surface area contributed by atoms with Crippen LogP contribution in [-0.2, 0) is 4.79 Å². The molecule has 0 saturated carbocycles. The third kappa shape index (κ3) is 2.88. The number of carbonyl (C=O) groups is 1. The molecule has 1 amide bonds. The minimum atomic E-state index is -0.886. The van der Waals surface area contributed by atoms with Gasteiger partial charge in [-0.05, 0) is 44.2 Å². The number of aliphatic hydroxyl groups excluding tert-OH is 1. The molecule has 0 aromatic carbocycles. The molecule has 1 unspecified atom stereocenters. The molecule has 1 fully saturated rings. The van der Waals surface area contributed by atoms with E-state index in [1.165, 1.54) is 12.5 Å². The number of hydrogen-bond acceptors (Lipinski definition) is 3. The largest absolute Gasteiger partial charge is 0.384 e. The number of likely N-dealkylation sites (tertiary alicyclic amines) is 1. The normalized spacial score (nSPS) is 18.7. The van der Waals surface area contributed by atoms with Crippen LogP contribution in [0.1, 0.15) is 36.9 Å². The molecule has 1 aromatic heterocycles. The molecule has 1 aliphatic heterocycles. The molecular formula is C14H20N2O2. The van der Waals surface area contributed by atoms with E-state index in [1.807, 2.05) is 19.2 Å². The lowest BCUT2D eigenvalue weighted by Crippen LogP contribution is -2.42. The number of pyridine rings is 1. The Hall–Kier alpha value is -1.42. The van der Waals surface area contributed by atoms with Crippen molar-refractivity contribution in [3.05, 3.63) is 29.6 Å². The molecule has 0 radical (unpaired) electrons. The van der Waals surface area contributed by atoms with E-state index >= 15 is 0 Å². The first-order valence-electron chi connectivity index (χ1n) is 6.47. The summed E-state index contributed by atoms with van der Waals surface area (Å²) < 4.78 is 0. The zero-order chi connectivity index (χ0) is 13.1. The van der Waals surface area contributed by atoms with Crippen LogP contribution >= 0.6 is 0 Å². The second-order valence-corrected chi connectivity index (χ2v) is 5.01. The summed E-state index contributed by atoms with van der Waals surface area (Å²) in [7, 11) is 0. The SMILES string of the molecule is Cc1ccc(C2CCN(C(=O)C(C)O)CC2)cn1. The monoisotopic (exact) mass is 248 g/mol. The van der Waals surface area contributed by atoms with Crippen LogP contribution in [0.3, 0.4) is 0 Å². The van der Waals surface area contributed by atoms with E-state index in [-0.39, 0.29) is 5.91 Å². The lowest BCUT2D eigenvalue weighted by atomic mass is 9.90. The summed E-state index contributed by atoms with van der Waals surface area (Å²) in [6.45, 7) is 4.95. The molecule has 4 nitrogen and oxygen atoms in total. The number of aromatic nitrogens is 1.